The first kappa shape index (κ1) is 29.4. The van der Waals surface area contributed by atoms with Crippen LogP contribution in [0.15, 0.2) is 23.0 Å². The Kier molecular flexibility index (Phi) is 9.52. The number of ether oxygens (including phenoxy) is 1. The van der Waals surface area contributed by atoms with Crippen LogP contribution in [0.3, 0.4) is 0 Å². The van der Waals surface area contributed by atoms with Gasteiger partial charge in [-0.05, 0) is 109 Å². The molecular weight excluding hydrogens is 512 g/mol. The zero-order valence-corrected chi connectivity index (χ0v) is 25.3. The molecule has 0 unspecified atom stereocenters. The Bertz CT molecular complexity index is 1350. The van der Waals surface area contributed by atoms with Gasteiger partial charge in [0.1, 0.15) is 0 Å². The minimum absolute atomic E-state index is 0.153. The van der Waals surface area contributed by atoms with Crippen LogP contribution in [0.25, 0.3) is 0 Å². The number of aryl methyl sites for hydroxylation is 2. The number of aromatic nitrogens is 1. The van der Waals surface area contributed by atoms with Gasteiger partial charge >= 0.3 is 0 Å². The van der Waals surface area contributed by atoms with E-state index in [-0.39, 0.29) is 18.0 Å². The average Bonchev–Trinajstić information content (AvgIpc) is 2.93. The van der Waals surface area contributed by atoms with Crippen molar-refractivity contribution in [3.8, 4) is 11.8 Å². The maximum atomic E-state index is 13.6. The van der Waals surface area contributed by atoms with Gasteiger partial charge in [-0.15, -0.1) is 0 Å². The first-order valence-corrected chi connectivity index (χ1v) is 15.6. The first-order chi connectivity index (χ1) is 19.8. The lowest BCUT2D eigenvalue weighted by molar-refractivity contribution is 0.0845. The van der Waals surface area contributed by atoms with Crippen LogP contribution in [0.1, 0.15) is 90.2 Å². The number of aromatic amines is 1. The molecule has 0 spiro atoms. The molecule has 220 valence electrons. The van der Waals surface area contributed by atoms with Crippen LogP contribution in [-0.4, -0.2) is 60.7 Å². The normalized spacial score (nSPS) is 18.8. The van der Waals surface area contributed by atoms with Gasteiger partial charge < -0.3 is 24.8 Å². The number of benzene rings is 1. The SMILES string of the molecule is CCN(c1cc(C#CC2CCN(C3CCC3)CC2)cc(C(=O)NCc2c(C)cc(C)[nH]c2=O)c1C)C1CCOCC1. The van der Waals surface area contributed by atoms with E-state index in [1.807, 2.05) is 32.9 Å². The Labute approximate surface area is 245 Å². The van der Waals surface area contributed by atoms with E-state index in [2.05, 4.69) is 44.9 Å². The minimum atomic E-state index is -0.177. The van der Waals surface area contributed by atoms with Crippen molar-refractivity contribution in [1.82, 2.24) is 15.2 Å². The van der Waals surface area contributed by atoms with Crippen LogP contribution in [0, 0.1) is 38.5 Å². The summed E-state index contributed by atoms with van der Waals surface area (Å²) in [6.45, 7) is 12.8. The summed E-state index contributed by atoms with van der Waals surface area (Å²) in [7, 11) is 0. The summed E-state index contributed by atoms with van der Waals surface area (Å²) in [6.07, 6.45) is 8.25. The number of nitrogens with zero attached hydrogens (tertiary/aromatic N) is 2. The summed E-state index contributed by atoms with van der Waals surface area (Å²) in [4.78, 5) is 34.1. The maximum absolute atomic E-state index is 13.6. The highest BCUT2D eigenvalue weighted by molar-refractivity contribution is 5.97. The summed E-state index contributed by atoms with van der Waals surface area (Å²) in [5.41, 5.74) is 5.65. The molecule has 1 saturated carbocycles. The summed E-state index contributed by atoms with van der Waals surface area (Å²) in [6, 6.07) is 7.22. The maximum Gasteiger partial charge on any atom is 0.253 e. The third-order valence-corrected chi connectivity index (χ3v) is 9.37. The van der Waals surface area contributed by atoms with E-state index < -0.39 is 0 Å². The summed E-state index contributed by atoms with van der Waals surface area (Å²) in [5.74, 6) is 7.26. The van der Waals surface area contributed by atoms with Gasteiger partial charge in [-0.25, -0.2) is 0 Å². The van der Waals surface area contributed by atoms with E-state index in [1.165, 1.54) is 19.3 Å². The molecule has 3 aliphatic rings. The van der Waals surface area contributed by atoms with Crippen molar-refractivity contribution in [2.24, 2.45) is 5.92 Å². The van der Waals surface area contributed by atoms with E-state index in [4.69, 9.17) is 4.74 Å². The monoisotopic (exact) mass is 558 g/mol. The lowest BCUT2D eigenvalue weighted by atomic mass is 9.88. The Balaban J connectivity index is 1.40. The number of rotatable bonds is 7. The number of nitrogens with one attached hydrogen (secondary N) is 2. The van der Waals surface area contributed by atoms with Crippen molar-refractivity contribution in [2.75, 3.05) is 37.7 Å². The molecule has 0 bridgehead atoms. The number of carbonyl (C=O) groups excluding carboxylic acids is 1. The third-order valence-electron chi connectivity index (χ3n) is 9.37. The fourth-order valence-corrected chi connectivity index (χ4v) is 6.64. The van der Waals surface area contributed by atoms with Crippen molar-refractivity contribution in [1.29, 1.82) is 0 Å². The summed E-state index contributed by atoms with van der Waals surface area (Å²) in [5, 5.41) is 3.03. The van der Waals surface area contributed by atoms with Gasteiger partial charge in [0.05, 0.1) is 0 Å². The number of anilines is 1. The summed E-state index contributed by atoms with van der Waals surface area (Å²) >= 11 is 0. The van der Waals surface area contributed by atoms with Gasteiger partial charge in [0.15, 0.2) is 0 Å². The highest BCUT2D eigenvalue weighted by Crippen LogP contribution is 2.31. The smallest absolute Gasteiger partial charge is 0.253 e. The molecule has 1 aromatic carbocycles. The lowest BCUT2D eigenvalue weighted by Gasteiger charge is -2.41. The number of amides is 1. The number of hydrogen-bond donors (Lipinski definition) is 2. The van der Waals surface area contributed by atoms with Crippen molar-refractivity contribution in [3.05, 3.63) is 62.1 Å². The van der Waals surface area contributed by atoms with Crippen LogP contribution in [0.5, 0.6) is 0 Å². The average molecular weight is 559 g/mol. The van der Waals surface area contributed by atoms with Gasteiger partial charge in [-0.1, -0.05) is 18.3 Å². The molecule has 41 heavy (non-hydrogen) atoms. The van der Waals surface area contributed by atoms with Crippen molar-refractivity contribution >= 4 is 11.6 Å². The van der Waals surface area contributed by atoms with E-state index in [1.54, 1.807) is 0 Å². The van der Waals surface area contributed by atoms with Crippen molar-refractivity contribution in [2.45, 2.75) is 91.3 Å². The largest absolute Gasteiger partial charge is 0.381 e. The molecule has 2 aromatic rings. The molecule has 3 heterocycles. The number of carbonyl (C=O) groups is 1. The lowest BCUT2D eigenvalue weighted by Crippen LogP contribution is -2.44. The molecule has 3 fully saturated rings. The molecule has 7 heteroatoms. The molecule has 1 aliphatic carbocycles. The molecule has 0 radical (unpaired) electrons. The van der Waals surface area contributed by atoms with Crippen molar-refractivity contribution < 1.29 is 9.53 Å². The van der Waals surface area contributed by atoms with Gasteiger partial charge in [0.25, 0.3) is 11.5 Å². The van der Waals surface area contributed by atoms with E-state index >= 15 is 0 Å². The summed E-state index contributed by atoms with van der Waals surface area (Å²) < 4.78 is 5.64. The van der Waals surface area contributed by atoms with Gasteiger partial charge in [-0.2, -0.15) is 0 Å². The predicted molar refractivity (Wildman–Crippen MR) is 165 cm³/mol. The van der Waals surface area contributed by atoms with Crippen LogP contribution in [-0.2, 0) is 11.3 Å². The number of H-pyrrole nitrogens is 1. The standard InChI is InChI=1S/C34H46N4O3/c1-5-38(29-13-17-41-18-14-29)32-21-27(10-9-26-11-15-37(16-12-26)28-7-6-8-28)20-30(25(32)4)33(39)35-22-31-23(2)19-24(3)36-34(31)40/h19-21,26,28-29H,5-8,11-18,22H2,1-4H3,(H,35,39)(H,36,40). The molecule has 2 N–H and O–H groups in total. The van der Waals surface area contributed by atoms with Crippen LogP contribution < -0.4 is 15.8 Å². The predicted octanol–water partition coefficient (Wildman–Crippen LogP) is 4.85. The highest BCUT2D eigenvalue weighted by atomic mass is 16.5. The molecule has 0 atom stereocenters. The number of likely N-dealkylation sites (tertiary alicyclic amines) is 1. The molecule has 5 rings (SSSR count). The Morgan fingerprint density at radius 1 is 1.07 bits per heavy atom. The Morgan fingerprint density at radius 2 is 1.80 bits per heavy atom. The molecule has 2 saturated heterocycles. The second-order valence-electron chi connectivity index (χ2n) is 12.1. The van der Waals surface area contributed by atoms with Crippen LogP contribution >= 0.6 is 0 Å². The molecule has 2 aliphatic heterocycles. The topological polar surface area (TPSA) is 77.7 Å². The number of piperidine rings is 1. The minimum Gasteiger partial charge on any atom is -0.381 e. The fraction of sp³-hybridized carbons (Fsp3) is 0.588. The Hall–Kier alpha value is -3.08. The van der Waals surface area contributed by atoms with E-state index in [9.17, 15) is 9.59 Å². The zero-order valence-electron chi connectivity index (χ0n) is 25.3. The molecule has 1 aromatic heterocycles. The Morgan fingerprint density at radius 3 is 2.44 bits per heavy atom. The van der Waals surface area contributed by atoms with E-state index in [0.717, 1.165) is 92.6 Å². The van der Waals surface area contributed by atoms with Gasteiger partial charge in [-0.3, -0.25) is 9.59 Å². The number of hydrogen-bond acceptors (Lipinski definition) is 5. The third kappa shape index (κ3) is 6.88. The van der Waals surface area contributed by atoms with Crippen LogP contribution in [0.2, 0.25) is 0 Å². The molecule has 7 nitrogen and oxygen atoms in total. The second kappa shape index (κ2) is 13.3. The quantitative estimate of drug-likeness (QED) is 0.475. The van der Waals surface area contributed by atoms with Crippen LogP contribution in [0.4, 0.5) is 5.69 Å². The van der Waals surface area contributed by atoms with Gasteiger partial charge in [0, 0.05) is 72.4 Å². The van der Waals surface area contributed by atoms with Crippen molar-refractivity contribution in [3.63, 3.8) is 0 Å². The van der Waals surface area contributed by atoms with E-state index in [0.29, 0.717) is 23.1 Å². The van der Waals surface area contributed by atoms with Gasteiger partial charge in [0.2, 0.25) is 0 Å². The zero-order chi connectivity index (χ0) is 28.9. The fourth-order valence-electron chi connectivity index (χ4n) is 6.64. The highest BCUT2D eigenvalue weighted by Gasteiger charge is 2.28. The first-order valence-electron chi connectivity index (χ1n) is 15.6. The molecule has 1 amide bonds. The number of pyridine rings is 1. The molecular formula is C34H46N4O3. The second-order valence-corrected chi connectivity index (χ2v) is 12.1.